The summed E-state index contributed by atoms with van der Waals surface area (Å²) in [4.78, 5) is 12.9. The van der Waals surface area contributed by atoms with E-state index in [0.717, 1.165) is 12.0 Å². The average molecular weight is 205 g/mol. The van der Waals surface area contributed by atoms with Gasteiger partial charge < -0.3 is 5.11 Å². The molecule has 5 heteroatoms. The number of carbonyl (C=O) groups is 1. The summed E-state index contributed by atoms with van der Waals surface area (Å²) in [6, 6.07) is 7.11. The molecule has 78 valence electrons. The van der Waals surface area contributed by atoms with Crippen molar-refractivity contribution in [1.29, 1.82) is 0 Å². The number of hydrogen-bond acceptors (Lipinski definition) is 2. The van der Waals surface area contributed by atoms with E-state index < -0.39 is 5.97 Å². The Morgan fingerprint density at radius 3 is 2.60 bits per heavy atom. The minimum atomic E-state index is -0.777. The summed E-state index contributed by atoms with van der Waals surface area (Å²) < 4.78 is 0. The quantitative estimate of drug-likeness (QED) is 0.455. The normalized spacial score (nSPS) is 9.33. The molecule has 0 aliphatic heterocycles. The average Bonchev–Trinajstić information content (AvgIpc) is 2.20. The zero-order valence-electron chi connectivity index (χ0n) is 8.13. The highest BCUT2D eigenvalue weighted by Gasteiger charge is 1.98. The van der Waals surface area contributed by atoms with Crippen LogP contribution in [0, 0.1) is 0 Å². The standard InChI is InChI=1S/C10H11N3O2/c11-13-12-9-6-4-8(5-7-9)2-1-3-10(14)15/h4-7H,1-3H2,(H,14,15). The number of carboxylic acids is 1. The fraction of sp³-hybridized carbons (Fsp3) is 0.300. The number of aryl methyl sites for hydroxylation is 1. The van der Waals surface area contributed by atoms with Crippen molar-refractivity contribution in [3.63, 3.8) is 0 Å². The van der Waals surface area contributed by atoms with Gasteiger partial charge in [0.2, 0.25) is 0 Å². The predicted molar refractivity (Wildman–Crippen MR) is 55.8 cm³/mol. The molecule has 1 rings (SSSR count). The molecule has 0 saturated carbocycles. The summed E-state index contributed by atoms with van der Waals surface area (Å²) in [6.45, 7) is 0. The predicted octanol–water partition coefficient (Wildman–Crippen LogP) is 3.04. The van der Waals surface area contributed by atoms with Crippen LogP contribution in [0.25, 0.3) is 10.4 Å². The van der Waals surface area contributed by atoms with Crippen LogP contribution in [0.3, 0.4) is 0 Å². The molecular formula is C10H11N3O2. The second-order valence-corrected chi connectivity index (χ2v) is 3.10. The van der Waals surface area contributed by atoms with Crippen LogP contribution < -0.4 is 0 Å². The number of azide groups is 1. The lowest BCUT2D eigenvalue weighted by Crippen LogP contribution is -1.95. The Balaban J connectivity index is 2.49. The van der Waals surface area contributed by atoms with Crippen molar-refractivity contribution >= 4 is 11.7 Å². The van der Waals surface area contributed by atoms with E-state index in [1.807, 2.05) is 12.1 Å². The molecule has 1 aromatic rings. The molecule has 0 spiro atoms. The van der Waals surface area contributed by atoms with Crippen molar-refractivity contribution in [3.8, 4) is 0 Å². The fourth-order valence-electron chi connectivity index (χ4n) is 1.22. The van der Waals surface area contributed by atoms with Gasteiger partial charge >= 0.3 is 5.97 Å². The third-order valence-electron chi connectivity index (χ3n) is 1.95. The van der Waals surface area contributed by atoms with Gasteiger partial charge in [-0.05, 0) is 23.9 Å². The molecule has 0 aromatic heterocycles. The first-order chi connectivity index (χ1) is 7.22. The lowest BCUT2D eigenvalue weighted by atomic mass is 10.1. The third-order valence-corrected chi connectivity index (χ3v) is 1.95. The molecule has 5 nitrogen and oxygen atoms in total. The number of carboxylic acid groups (broad SMARTS) is 1. The van der Waals surface area contributed by atoms with E-state index in [2.05, 4.69) is 10.0 Å². The van der Waals surface area contributed by atoms with E-state index in [1.165, 1.54) is 0 Å². The van der Waals surface area contributed by atoms with Gasteiger partial charge in [-0.15, -0.1) is 0 Å². The first-order valence-corrected chi connectivity index (χ1v) is 4.58. The smallest absolute Gasteiger partial charge is 0.303 e. The highest BCUT2D eigenvalue weighted by molar-refractivity contribution is 5.66. The monoisotopic (exact) mass is 205 g/mol. The fourth-order valence-corrected chi connectivity index (χ4v) is 1.22. The molecule has 0 aliphatic rings. The van der Waals surface area contributed by atoms with Crippen LogP contribution in [-0.2, 0) is 11.2 Å². The molecule has 1 aromatic carbocycles. The van der Waals surface area contributed by atoms with Gasteiger partial charge in [0.15, 0.2) is 0 Å². The van der Waals surface area contributed by atoms with Crippen molar-refractivity contribution in [2.24, 2.45) is 5.11 Å². The van der Waals surface area contributed by atoms with Crippen LogP contribution >= 0.6 is 0 Å². The summed E-state index contributed by atoms with van der Waals surface area (Å²) in [5, 5.41) is 11.9. The number of benzene rings is 1. The maximum atomic E-state index is 10.3. The van der Waals surface area contributed by atoms with E-state index in [-0.39, 0.29) is 6.42 Å². The van der Waals surface area contributed by atoms with Crippen LogP contribution in [-0.4, -0.2) is 11.1 Å². The van der Waals surface area contributed by atoms with Gasteiger partial charge in [0.05, 0.1) is 0 Å². The SMILES string of the molecule is [N-]=[N+]=Nc1ccc(CCCC(=O)O)cc1. The first-order valence-electron chi connectivity index (χ1n) is 4.58. The zero-order valence-corrected chi connectivity index (χ0v) is 8.13. The van der Waals surface area contributed by atoms with E-state index in [9.17, 15) is 4.79 Å². The van der Waals surface area contributed by atoms with Gasteiger partial charge in [0.25, 0.3) is 0 Å². The van der Waals surface area contributed by atoms with Crippen LogP contribution in [0.5, 0.6) is 0 Å². The summed E-state index contributed by atoms with van der Waals surface area (Å²) in [7, 11) is 0. The lowest BCUT2D eigenvalue weighted by molar-refractivity contribution is -0.137. The second kappa shape index (κ2) is 5.67. The molecule has 0 radical (unpaired) electrons. The maximum Gasteiger partial charge on any atom is 0.303 e. The molecule has 0 fully saturated rings. The molecule has 15 heavy (non-hydrogen) atoms. The van der Waals surface area contributed by atoms with E-state index in [0.29, 0.717) is 12.1 Å². The van der Waals surface area contributed by atoms with Crippen LogP contribution in [0.4, 0.5) is 5.69 Å². The number of hydrogen-bond donors (Lipinski definition) is 1. The van der Waals surface area contributed by atoms with Gasteiger partial charge in [-0.25, -0.2) is 0 Å². The maximum absolute atomic E-state index is 10.3. The molecule has 0 atom stereocenters. The summed E-state index contributed by atoms with van der Waals surface area (Å²) in [6.07, 6.45) is 1.52. The highest BCUT2D eigenvalue weighted by atomic mass is 16.4. The lowest BCUT2D eigenvalue weighted by Gasteiger charge is -1.99. The van der Waals surface area contributed by atoms with E-state index in [4.69, 9.17) is 10.6 Å². The van der Waals surface area contributed by atoms with Gasteiger partial charge in [-0.1, -0.05) is 29.4 Å². The van der Waals surface area contributed by atoms with Crippen LogP contribution in [0.1, 0.15) is 18.4 Å². The largest absolute Gasteiger partial charge is 0.481 e. The molecule has 1 N–H and O–H groups in total. The molecule has 0 bridgehead atoms. The van der Waals surface area contributed by atoms with E-state index >= 15 is 0 Å². The Hall–Kier alpha value is -2.00. The number of aliphatic carboxylic acids is 1. The summed E-state index contributed by atoms with van der Waals surface area (Å²) in [5.41, 5.74) is 9.80. The van der Waals surface area contributed by atoms with E-state index in [1.54, 1.807) is 12.1 Å². The summed E-state index contributed by atoms with van der Waals surface area (Å²) >= 11 is 0. The minimum Gasteiger partial charge on any atom is -0.481 e. The van der Waals surface area contributed by atoms with Gasteiger partial charge in [-0.3, -0.25) is 4.79 Å². The summed E-state index contributed by atoms with van der Waals surface area (Å²) in [5.74, 6) is -0.777. The first kappa shape index (κ1) is 11.1. The Bertz CT molecular complexity index is 380. The molecule has 0 amide bonds. The van der Waals surface area contributed by atoms with Gasteiger partial charge in [0, 0.05) is 17.0 Å². The Labute approximate surface area is 87.0 Å². The van der Waals surface area contributed by atoms with Crippen molar-refractivity contribution in [1.82, 2.24) is 0 Å². The van der Waals surface area contributed by atoms with Crippen molar-refractivity contribution in [2.75, 3.05) is 0 Å². The third kappa shape index (κ3) is 4.15. The van der Waals surface area contributed by atoms with Crippen molar-refractivity contribution in [2.45, 2.75) is 19.3 Å². The van der Waals surface area contributed by atoms with Gasteiger partial charge in [-0.2, -0.15) is 0 Å². The topological polar surface area (TPSA) is 86.1 Å². The Morgan fingerprint density at radius 2 is 2.07 bits per heavy atom. The highest BCUT2D eigenvalue weighted by Crippen LogP contribution is 2.14. The zero-order chi connectivity index (χ0) is 11.1. The molecule has 0 aliphatic carbocycles. The Kier molecular flexibility index (Phi) is 4.19. The van der Waals surface area contributed by atoms with Crippen LogP contribution in [0.2, 0.25) is 0 Å². The second-order valence-electron chi connectivity index (χ2n) is 3.10. The van der Waals surface area contributed by atoms with Crippen molar-refractivity contribution in [3.05, 3.63) is 40.3 Å². The van der Waals surface area contributed by atoms with Crippen molar-refractivity contribution < 1.29 is 9.90 Å². The number of nitrogens with zero attached hydrogens (tertiary/aromatic N) is 3. The molecule has 0 saturated heterocycles. The Morgan fingerprint density at radius 1 is 1.40 bits per heavy atom. The minimum absolute atomic E-state index is 0.179. The number of rotatable bonds is 5. The van der Waals surface area contributed by atoms with Gasteiger partial charge in [0.1, 0.15) is 0 Å². The molecular weight excluding hydrogens is 194 g/mol. The molecule has 0 heterocycles. The molecule has 0 unspecified atom stereocenters. The van der Waals surface area contributed by atoms with Crippen LogP contribution in [0.15, 0.2) is 29.4 Å².